The fraction of sp³-hybridized carbons (Fsp3) is 0.947. The van der Waals surface area contributed by atoms with E-state index in [1.807, 2.05) is 0 Å². The van der Waals surface area contributed by atoms with E-state index in [1.165, 1.54) is 95.2 Å². The average molecular weight is 361 g/mol. The number of hydrogen-bond donors (Lipinski definition) is 0. The van der Waals surface area contributed by atoms with Crippen LogP contribution >= 0.6 is 15.9 Å². The molecule has 1 nitrogen and oxygen atoms in total. The lowest BCUT2D eigenvalue weighted by molar-refractivity contribution is -0.117. The van der Waals surface area contributed by atoms with Crippen molar-refractivity contribution in [3.63, 3.8) is 0 Å². The molecule has 0 aliphatic rings. The molecule has 0 saturated carbocycles. The van der Waals surface area contributed by atoms with Crippen molar-refractivity contribution in [2.75, 3.05) is 5.33 Å². The van der Waals surface area contributed by atoms with Gasteiger partial charge in [-0.2, -0.15) is 0 Å². The highest BCUT2D eigenvalue weighted by Crippen LogP contribution is 2.13. The molecule has 0 heterocycles. The summed E-state index contributed by atoms with van der Waals surface area (Å²) >= 11 is 3.48. The Morgan fingerprint density at radius 3 is 1.14 bits per heavy atom. The van der Waals surface area contributed by atoms with Gasteiger partial charge in [0.1, 0.15) is 5.78 Å². The molecule has 0 atom stereocenters. The summed E-state index contributed by atoms with van der Waals surface area (Å²) in [4.78, 5) is 10.8. The van der Waals surface area contributed by atoms with Gasteiger partial charge in [-0.25, -0.2) is 0 Å². The first-order valence-electron chi connectivity index (χ1n) is 9.32. The van der Waals surface area contributed by atoms with Crippen molar-refractivity contribution >= 4 is 21.7 Å². The second kappa shape index (κ2) is 18.2. The minimum absolute atomic E-state index is 0.345. The van der Waals surface area contributed by atoms with Gasteiger partial charge in [0.05, 0.1) is 0 Å². The third kappa shape index (κ3) is 20.1. The number of ketones is 1. The lowest BCUT2D eigenvalue weighted by Crippen LogP contribution is -1.89. The number of alkyl halides is 1. The number of rotatable bonds is 17. The summed E-state index contributed by atoms with van der Waals surface area (Å²) < 4.78 is 0. The van der Waals surface area contributed by atoms with Crippen LogP contribution in [0.2, 0.25) is 0 Å². The molecule has 0 aromatic heterocycles. The van der Waals surface area contributed by atoms with E-state index in [0.29, 0.717) is 5.78 Å². The number of carbonyl (C=O) groups is 1. The summed E-state index contributed by atoms with van der Waals surface area (Å²) in [5.41, 5.74) is 0. The topological polar surface area (TPSA) is 17.1 Å². The molecule has 0 aromatic carbocycles. The van der Waals surface area contributed by atoms with Crippen LogP contribution in [0.3, 0.4) is 0 Å². The van der Waals surface area contributed by atoms with Gasteiger partial charge in [0, 0.05) is 11.8 Å². The summed E-state index contributed by atoms with van der Waals surface area (Å²) in [5, 5.41) is 1.17. The van der Waals surface area contributed by atoms with Gasteiger partial charge in [0.2, 0.25) is 0 Å². The van der Waals surface area contributed by atoms with Gasteiger partial charge in [-0.1, -0.05) is 99.4 Å². The highest BCUT2D eigenvalue weighted by molar-refractivity contribution is 9.09. The molecule has 126 valence electrons. The van der Waals surface area contributed by atoms with Crippen molar-refractivity contribution in [1.29, 1.82) is 0 Å². The summed E-state index contributed by atoms with van der Waals surface area (Å²) in [6.07, 6.45) is 21.4. The van der Waals surface area contributed by atoms with Crippen molar-refractivity contribution in [3.05, 3.63) is 0 Å². The first kappa shape index (κ1) is 21.1. The quantitative estimate of drug-likeness (QED) is 0.197. The monoisotopic (exact) mass is 360 g/mol. The predicted octanol–water partition coefficient (Wildman–Crippen LogP) is 7.21. The molecule has 0 unspecified atom stereocenters. The minimum Gasteiger partial charge on any atom is -0.300 e. The Labute approximate surface area is 141 Å². The van der Waals surface area contributed by atoms with Gasteiger partial charge in [-0.05, 0) is 19.8 Å². The average Bonchev–Trinajstić information content (AvgIpc) is 2.46. The Morgan fingerprint density at radius 2 is 0.857 bits per heavy atom. The first-order valence-corrected chi connectivity index (χ1v) is 10.4. The van der Waals surface area contributed by atoms with Crippen LogP contribution in [0.1, 0.15) is 110 Å². The number of Topliss-reactive ketones (excluding diaryl/α,β-unsaturated/α-hetero) is 1. The second-order valence-electron chi connectivity index (χ2n) is 6.44. The van der Waals surface area contributed by atoms with Gasteiger partial charge in [0.25, 0.3) is 0 Å². The Bertz CT molecular complexity index is 216. The lowest BCUT2D eigenvalue weighted by atomic mass is 10.0. The standard InChI is InChI=1S/C19H37BrO/c1-19(21)17-15-13-11-9-7-5-3-2-4-6-8-10-12-14-16-18-20/h2-18H2,1H3. The SMILES string of the molecule is CC(=O)CCCCCCCCCCCCCCCCCBr. The third-order valence-corrected chi connectivity index (χ3v) is 4.72. The molecular weight excluding hydrogens is 324 g/mol. The molecule has 2 heteroatoms. The zero-order valence-electron chi connectivity index (χ0n) is 14.3. The maximum absolute atomic E-state index is 10.8. The van der Waals surface area contributed by atoms with Crippen molar-refractivity contribution in [2.45, 2.75) is 110 Å². The molecule has 21 heavy (non-hydrogen) atoms. The minimum atomic E-state index is 0.345. The van der Waals surface area contributed by atoms with Crippen LogP contribution in [0.15, 0.2) is 0 Å². The summed E-state index contributed by atoms with van der Waals surface area (Å²) in [6.45, 7) is 1.70. The molecule has 0 amide bonds. The van der Waals surface area contributed by atoms with Gasteiger partial charge in [0.15, 0.2) is 0 Å². The molecule has 0 radical (unpaired) electrons. The normalized spacial score (nSPS) is 11.0. The molecule has 0 spiro atoms. The lowest BCUT2D eigenvalue weighted by Gasteiger charge is -2.03. The van der Waals surface area contributed by atoms with Gasteiger partial charge in [-0.3, -0.25) is 0 Å². The number of unbranched alkanes of at least 4 members (excludes halogenated alkanes) is 14. The molecular formula is C19H37BrO. The molecule has 0 bridgehead atoms. The van der Waals surface area contributed by atoms with Gasteiger partial charge < -0.3 is 4.79 Å². The van der Waals surface area contributed by atoms with Crippen LogP contribution in [-0.4, -0.2) is 11.1 Å². The van der Waals surface area contributed by atoms with E-state index >= 15 is 0 Å². The zero-order chi connectivity index (χ0) is 15.6. The van der Waals surface area contributed by atoms with Crippen LogP contribution in [0.25, 0.3) is 0 Å². The van der Waals surface area contributed by atoms with E-state index < -0.39 is 0 Å². The smallest absolute Gasteiger partial charge is 0.129 e. The summed E-state index contributed by atoms with van der Waals surface area (Å²) in [7, 11) is 0. The molecule has 0 fully saturated rings. The second-order valence-corrected chi connectivity index (χ2v) is 7.24. The number of carbonyl (C=O) groups excluding carboxylic acids is 1. The van der Waals surface area contributed by atoms with Crippen molar-refractivity contribution in [3.8, 4) is 0 Å². The third-order valence-electron chi connectivity index (χ3n) is 4.16. The van der Waals surface area contributed by atoms with Gasteiger partial charge >= 0.3 is 0 Å². The largest absolute Gasteiger partial charge is 0.300 e. The van der Waals surface area contributed by atoms with E-state index in [9.17, 15) is 4.79 Å². The van der Waals surface area contributed by atoms with Crippen LogP contribution in [0.5, 0.6) is 0 Å². The van der Waals surface area contributed by atoms with Crippen molar-refractivity contribution in [1.82, 2.24) is 0 Å². The van der Waals surface area contributed by atoms with E-state index in [0.717, 1.165) is 12.8 Å². The predicted molar refractivity (Wildman–Crippen MR) is 98.3 cm³/mol. The van der Waals surface area contributed by atoms with E-state index in [1.54, 1.807) is 6.92 Å². The fourth-order valence-electron chi connectivity index (χ4n) is 2.77. The van der Waals surface area contributed by atoms with Gasteiger partial charge in [-0.15, -0.1) is 0 Å². The van der Waals surface area contributed by atoms with E-state index in [-0.39, 0.29) is 0 Å². The molecule has 0 saturated heterocycles. The van der Waals surface area contributed by atoms with Crippen LogP contribution < -0.4 is 0 Å². The highest BCUT2D eigenvalue weighted by Gasteiger charge is 1.95. The Hall–Kier alpha value is 0.150. The molecule has 0 rings (SSSR count). The maximum atomic E-state index is 10.8. The molecule has 0 aliphatic carbocycles. The Balaban J connectivity index is 2.95. The maximum Gasteiger partial charge on any atom is 0.129 e. The Morgan fingerprint density at radius 1 is 0.571 bits per heavy atom. The van der Waals surface area contributed by atoms with Crippen LogP contribution in [-0.2, 0) is 4.79 Å². The van der Waals surface area contributed by atoms with Crippen molar-refractivity contribution < 1.29 is 4.79 Å². The van der Waals surface area contributed by atoms with Crippen LogP contribution in [0.4, 0.5) is 0 Å². The first-order chi connectivity index (χ1) is 10.3. The fourth-order valence-corrected chi connectivity index (χ4v) is 3.16. The zero-order valence-corrected chi connectivity index (χ0v) is 15.9. The molecule has 0 N–H and O–H groups in total. The number of halogens is 1. The highest BCUT2D eigenvalue weighted by atomic mass is 79.9. The van der Waals surface area contributed by atoms with Crippen LogP contribution in [0, 0.1) is 0 Å². The molecule has 0 aliphatic heterocycles. The summed E-state index contributed by atoms with van der Waals surface area (Å²) in [5.74, 6) is 0.345. The number of hydrogen-bond acceptors (Lipinski definition) is 1. The van der Waals surface area contributed by atoms with E-state index in [4.69, 9.17) is 0 Å². The van der Waals surface area contributed by atoms with Crippen molar-refractivity contribution in [2.24, 2.45) is 0 Å². The van der Waals surface area contributed by atoms with E-state index in [2.05, 4.69) is 15.9 Å². The summed E-state index contributed by atoms with van der Waals surface area (Å²) in [6, 6.07) is 0. The molecule has 0 aromatic rings. The Kier molecular flexibility index (Phi) is 18.3.